The molecule has 9 nitrogen and oxygen atoms in total. The van der Waals surface area contributed by atoms with Crippen LogP contribution < -0.4 is 30.2 Å². The van der Waals surface area contributed by atoms with Crippen LogP contribution in [0, 0.1) is 0 Å². The number of carbonyl (C=O) groups is 3. The Bertz CT molecular complexity index is 1700. The second-order valence-electron chi connectivity index (χ2n) is 9.56. The van der Waals surface area contributed by atoms with Crippen molar-refractivity contribution < 1.29 is 28.6 Å². The van der Waals surface area contributed by atoms with Crippen LogP contribution in [0.25, 0.3) is 6.08 Å². The molecular weight excluding hydrogens is 614 g/mol. The maximum Gasteiger partial charge on any atom is 0.272 e. The summed E-state index contributed by atoms with van der Waals surface area (Å²) in [5.74, 6) is 0.382. The van der Waals surface area contributed by atoms with Crippen LogP contribution in [0.5, 0.6) is 17.2 Å². The minimum Gasteiger partial charge on any atom is -0.497 e. The minimum atomic E-state index is -0.538. The molecule has 0 saturated heterocycles. The molecule has 4 rings (SSSR count). The number of thioether (sulfide) groups is 1. The lowest BCUT2D eigenvalue weighted by atomic mass is 10.1. The molecule has 1 atom stereocenters. The van der Waals surface area contributed by atoms with Crippen LogP contribution in [-0.4, -0.2) is 44.3 Å². The number of amides is 3. The summed E-state index contributed by atoms with van der Waals surface area (Å²) in [6, 6.07) is 25.8. The lowest BCUT2D eigenvalue weighted by Gasteiger charge is -2.14. The number of hydrogen-bond donors (Lipinski definition) is 3. The summed E-state index contributed by atoms with van der Waals surface area (Å²) in [6.45, 7) is 1.79. The van der Waals surface area contributed by atoms with Gasteiger partial charge in [0.15, 0.2) is 0 Å². The first-order valence-electron chi connectivity index (χ1n) is 13.7. The van der Waals surface area contributed by atoms with Gasteiger partial charge >= 0.3 is 0 Å². The number of nitrogens with one attached hydrogen (secondary N) is 3. The van der Waals surface area contributed by atoms with Gasteiger partial charge in [0, 0.05) is 33.5 Å². The zero-order valence-electron chi connectivity index (χ0n) is 25.1. The van der Waals surface area contributed by atoms with Crippen molar-refractivity contribution >= 4 is 58.5 Å². The number of ether oxygens (including phenoxy) is 3. The summed E-state index contributed by atoms with van der Waals surface area (Å²) in [6.07, 6.45) is 1.54. The summed E-state index contributed by atoms with van der Waals surface area (Å²) < 4.78 is 15.9. The molecule has 4 aromatic carbocycles. The molecule has 0 aromatic heterocycles. The van der Waals surface area contributed by atoms with Crippen molar-refractivity contribution in [2.45, 2.75) is 17.1 Å². The van der Waals surface area contributed by atoms with Crippen molar-refractivity contribution in [2.75, 3.05) is 32.0 Å². The van der Waals surface area contributed by atoms with Crippen molar-refractivity contribution in [3.8, 4) is 17.2 Å². The first-order chi connectivity index (χ1) is 21.7. The molecule has 232 valence electrons. The molecule has 3 amide bonds. The number of carbonyl (C=O) groups excluding carboxylic acids is 3. The van der Waals surface area contributed by atoms with Crippen LogP contribution in [-0.2, 0) is 9.59 Å². The van der Waals surface area contributed by atoms with E-state index in [2.05, 4.69) is 16.0 Å². The van der Waals surface area contributed by atoms with Crippen LogP contribution in [0.15, 0.2) is 102 Å². The van der Waals surface area contributed by atoms with Gasteiger partial charge < -0.3 is 30.2 Å². The third kappa shape index (κ3) is 9.04. The number of methoxy groups -OCH3 is 3. The zero-order valence-corrected chi connectivity index (χ0v) is 26.6. The predicted molar refractivity (Wildman–Crippen MR) is 178 cm³/mol. The standard InChI is InChI=1S/C34H32ClN3O6S/c1-21(32(39)37-25-13-17-30(43-3)28(35)19-25)45-27-15-11-24(12-16-27)36-34(41)29(38-33(40)22-8-6-5-7-9-22)18-23-10-14-26(42-2)20-31(23)44-4/h5-21H,1-4H3,(H,36,41)(H,37,39)(H,38,40)/b29-18-. The Hall–Kier alpha value is -4.93. The Morgan fingerprint density at radius 2 is 1.47 bits per heavy atom. The number of hydrogen-bond acceptors (Lipinski definition) is 7. The smallest absolute Gasteiger partial charge is 0.272 e. The Morgan fingerprint density at radius 1 is 0.778 bits per heavy atom. The van der Waals surface area contributed by atoms with E-state index in [-0.39, 0.29) is 11.6 Å². The molecule has 1 unspecified atom stereocenters. The monoisotopic (exact) mass is 645 g/mol. The van der Waals surface area contributed by atoms with Crippen molar-refractivity contribution in [1.82, 2.24) is 5.32 Å². The van der Waals surface area contributed by atoms with Gasteiger partial charge in [-0.1, -0.05) is 29.8 Å². The first kappa shape index (κ1) is 33.0. The normalized spacial score (nSPS) is 11.6. The van der Waals surface area contributed by atoms with E-state index in [1.165, 1.54) is 32.1 Å². The number of anilines is 2. The number of halogens is 1. The van der Waals surface area contributed by atoms with E-state index in [0.717, 1.165) is 4.90 Å². The van der Waals surface area contributed by atoms with Crippen LogP contribution in [0.4, 0.5) is 11.4 Å². The van der Waals surface area contributed by atoms with E-state index in [1.54, 1.807) is 105 Å². The summed E-state index contributed by atoms with van der Waals surface area (Å²) >= 11 is 7.52. The number of benzene rings is 4. The van der Waals surface area contributed by atoms with Crippen LogP contribution >= 0.6 is 23.4 Å². The van der Waals surface area contributed by atoms with Gasteiger partial charge in [-0.3, -0.25) is 14.4 Å². The largest absolute Gasteiger partial charge is 0.497 e. The quantitative estimate of drug-likeness (QED) is 0.113. The van der Waals surface area contributed by atoms with E-state index >= 15 is 0 Å². The Balaban J connectivity index is 1.47. The highest BCUT2D eigenvalue weighted by atomic mass is 35.5. The van der Waals surface area contributed by atoms with Crippen molar-refractivity contribution in [3.05, 3.63) is 113 Å². The van der Waals surface area contributed by atoms with Gasteiger partial charge in [0.1, 0.15) is 22.9 Å². The highest BCUT2D eigenvalue weighted by Crippen LogP contribution is 2.30. The van der Waals surface area contributed by atoms with Gasteiger partial charge in [-0.25, -0.2) is 0 Å². The predicted octanol–water partition coefficient (Wildman–Crippen LogP) is 6.89. The Kier molecular flexibility index (Phi) is 11.5. The fraction of sp³-hybridized carbons (Fsp3) is 0.147. The summed E-state index contributed by atoms with van der Waals surface area (Å²) in [7, 11) is 4.57. The molecule has 0 aliphatic heterocycles. The van der Waals surface area contributed by atoms with E-state index in [1.807, 2.05) is 0 Å². The molecule has 0 heterocycles. The van der Waals surface area contributed by atoms with Crippen molar-refractivity contribution in [2.24, 2.45) is 0 Å². The van der Waals surface area contributed by atoms with Gasteiger partial charge in [-0.2, -0.15) is 0 Å². The minimum absolute atomic E-state index is 0.00898. The highest BCUT2D eigenvalue weighted by Gasteiger charge is 2.18. The molecule has 4 aromatic rings. The van der Waals surface area contributed by atoms with Gasteiger partial charge in [0.05, 0.1) is 31.6 Å². The summed E-state index contributed by atoms with van der Waals surface area (Å²) in [5, 5.41) is 8.38. The highest BCUT2D eigenvalue weighted by molar-refractivity contribution is 8.00. The van der Waals surface area contributed by atoms with Crippen LogP contribution in [0.3, 0.4) is 0 Å². The topological polar surface area (TPSA) is 115 Å². The molecular formula is C34H32ClN3O6S. The van der Waals surface area contributed by atoms with Gasteiger partial charge in [-0.05, 0) is 79.7 Å². The third-order valence-corrected chi connectivity index (χ3v) is 7.89. The molecule has 0 saturated carbocycles. The molecule has 11 heteroatoms. The Labute approximate surface area is 270 Å². The van der Waals surface area contributed by atoms with E-state index < -0.39 is 17.1 Å². The van der Waals surface area contributed by atoms with Crippen LogP contribution in [0.2, 0.25) is 5.02 Å². The number of rotatable bonds is 12. The molecule has 0 fully saturated rings. The van der Waals surface area contributed by atoms with Crippen molar-refractivity contribution in [1.29, 1.82) is 0 Å². The second-order valence-corrected chi connectivity index (χ2v) is 11.4. The molecule has 0 aliphatic carbocycles. The fourth-order valence-electron chi connectivity index (χ4n) is 4.10. The lowest BCUT2D eigenvalue weighted by Crippen LogP contribution is -2.30. The first-order valence-corrected chi connectivity index (χ1v) is 15.0. The molecule has 0 radical (unpaired) electrons. The average molecular weight is 646 g/mol. The summed E-state index contributed by atoms with van der Waals surface area (Å²) in [5.41, 5.74) is 2.03. The van der Waals surface area contributed by atoms with Crippen LogP contribution in [0.1, 0.15) is 22.8 Å². The maximum atomic E-state index is 13.5. The average Bonchev–Trinajstić information content (AvgIpc) is 3.05. The molecule has 45 heavy (non-hydrogen) atoms. The molecule has 0 aliphatic rings. The SMILES string of the molecule is COc1ccc(/C=C(\NC(=O)c2ccccc2)C(=O)Nc2ccc(SC(C)C(=O)Nc3ccc(OC)c(Cl)c3)cc2)c(OC)c1. The van der Waals surface area contributed by atoms with Gasteiger partial charge in [-0.15, -0.1) is 11.8 Å². The zero-order chi connectivity index (χ0) is 32.3. The third-order valence-electron chi connectivity index (χ3n) is 6.48. The molecule has 0 bridgehead atoms. The van der Waals surface area contributed by atoms with E-state index in [0.29, 0.717) is 44.8 Å². The fourth-order valence-corrected chi connectivity index (χ4v) is 5.22. The van der Waals surface area contributed by atoms with E-state index in [4.69, 9.17) is 25.8 Å². The maximum absolute atomic E-state index is 13.5. The van der Waals surface area contributed by atoms with E-state index in [9.17, 15) is 14.4 Å². The van der Waals surface area contributed by atoms with Gasteiger partial charge in [0.25, 0.3) is 11.8 Å². The lowest BCUT2D eigenvalue weighted by molar-refractivity contribution is -0.115. The summed E-state index contributed by atoms with van der Waals surface area (Å²) in [4.78, 5) is 40.0. The van der Waals surface area contributed by atoms with Crippen molar-refractivity contribution in [3.63, 3.8) is 0 Å². The molecule has 0 spiro atoms. The van der Waals surface area contributed by atoms with Gasteiger partial charge in [0.2, 0.25) is 5.91 Å². The second kappa shape index (κ2) is 15.7. The Morgan fingerprint density at radius 3 is 2.11 bits per heavy atom. The molecule has 3 N–H and O–H groups in total.